The summed E-state index contributed by atoms with van der Waals surface area (Å²) in [5, 5.41) is 5.64. The van der Waals surface area contributed by atoms with Crippen LogP contribution < -0.4 is 4.74 Å². The minimum atomic E-state index is -0.0612. The third kappa shape index (κ3) is 5.14. The molecule has 4 rings (SSSR count). The smallest absolute Gasteiger partial charge is 0.274 e. The standard InChI is InChI=1S/C22H22Cl2N4O2/c23-18-5-3-4-17(14-18)15-26-10-12-27(13-11-26)22(29)20-8-9-28(25-20)16-30-21-7-2-1-6-19(21)24/h1-9,14H,10-13,15-16H2. The largest absolute Gasteiger partial charge is 0.470 e. The first-order valence-electron chi connectivity index (χ1n) is 9.75. The summed E-state index contributed by atoms with van der Waals surface area (Å²) in [6.07, 6.45) is 1.74. The van der Waals surface area contributed by atoms with Crippen LogP contribution in [0.1, 0.15) is 16.1 Å². The molecule has 0 atom stereocenters. The topological polar surface area (TPSA) is 50.6 Å². The summed E-state index contributed by atoms with van der Waals surface area (Å²) in [6.45, 7) is 3.98. The van der Waals surface area contributed by atoms with Gasteiger partial charge in [-0.2, -0.15) is 5.10 Å². The maximum atomic E-state index is 12.8. The zero-order valence-electron chi connectivity index (χ0n) is 16.4. The first kappa shape index (κ1) is 20.7. The molecule has 0 aliphatic carbocycles. The monoisotopic (exact) mass is 444 g/mol. The molecule has 0 radical (unpaired) electrons. The van der Waals surface area contributed by atoms with Crippen molar-refractivity contribution in [2.45, 2.75) is 13.3 Å². The van der Waals surface area contributed by atoms with Gasteiger partial charge in [-0.3, -0.25) is 9.69 Å². The van der Waals surface area contributed by atoms with Crippen LogP contribution in [0, 0.1) is 0 Å². The van der Waals surface area contributed by atoms with Crippen molar-refractivity contribution in [3.8, 4) is 5.75 Å². The van der Waals surface area contributed by atoms with Crippen LogP contribution in [0.25, 0.3) is 0 Å². The van der Waals surface area contributed by atoms with Gasteiger partial charge in [0.25, 0.3) is 5.91 Å². The fourth-order valence-corrected chi connectivity index (χ4v) is 3.81. The second-order valence-electron chi connectivity index (χ2n) is 7.14. The molecule has 3 aromatic rings. The highest BCUT2D eigenvalue weighted by Crippen LogP contribution is 2.23. The Labute approximate surface area is 185 Å². The highest BCUT2D eigenvalue weighted by molar-refractivity contribution is 6.32. The van der Waals surface area contributed by atoms with Crippen LogP contribution in [0.3, 0.4) is 0 Å². The fraction of sp³-hybridized carbons (Fsp3) is 0.273. The first-order chi connectivity index (χ1) is 14.6. The molecular formula is C22H22Cl2N4O2. The van der Waals surface area contributed by atoms with Gasteiger partial charge in [-0.25, -0.2) is 4.68 Å². The van der Waals surface area contributed by atoms with E-state index in [4.69, 9.17) is 27.9 Å². The van der Waals surface area contributed by atoms with Gasteiger partial charge in [-0.1, -0.05) is 47.5 Å². The SMILES string of the molecule is O=C(c1ccn(COc2ccccc2Cl)n1)N1CCN(Cc2cccc(Cl)c2)CC1. The van der Waals surface area contributed by atoms with E-state index in [0.717, 1.165) is 24.7 Å². The van der Waals surface area contributed by atoms with Crippen LogP contribution in [0.2, 0.25) is 10.0 Å². The Bertz CT molecular complexity index is 1020. The first-order valence-corrected chi connectivity index (χ1v) is 10.5. The number of aromatic nitrogens is 2. The zero-order chi connectivity index (χ0) is 20.9. The molecule has 1 aliphatic heterocycles. The van der Waals surface area contributed by atoms with Crippen molar-refractivity contribution in [3.05, 3.63) is 82.1 Å². The number of carbonyl (C=O) groups is 1. The predicted molar refractivity (Wildman–Crippen MR) is 117 cm³/mol. The summed E-state index contributed by atoms with van der Waals surface area (Å²) >= 11 is 12.2. The van der Waals surface area contributed by atoms with Crippen molar-refractivity contribution in [1.82, 2.24) is 19.6 Å². The van der Waals surface area contributed by atoms with Crippen molar-refractivity contribution in [2.24, 2.45) is 0 Å². The molecule has 2 heterocycles. The molecule has 2 aromatic carbocycles. The number of piperazine rings is 1. The van der Waals surface area contributed by atoms with Gasteiger partial charge in [-0.15, -0.1) is 0 Å². The second kappa shape index (κ2) is 9.51. The molecule has 1 aromatic heterocycles. The third-order valence-electron chi connectivity index (χ3n) is 5.00. The number of para-hydroxylation sites is 1. The molecule has 8 heteroatoms. The molecule has 30 heavy (non-hydrogen) atoms. The number of halogens is 2. The van der Waals surface area contributed by atoms with E-state index in [9.17, 15) is 4.79 Å². The van der Waals surface area contributed by atoms with Crippen LogP contribution >= 0.6 is 23.2 Å². The molecule has 0 N–H and O–H groups in total. The predicted octanol–water partition coefficient (Wildman–Crippen LogP) is 4.18. The van der Waals surface area contributed by atoms with E-state index >= 15 is 0 Å². The molecule has 0 bridgehead atoms. The van der Waals surface area contributed by atoms with E-state index in [1.54, 1.807) is 29.1 Å². The molecule has 1 saturated heterocycles. The summed E-state index contributed by atoms with van der Waals surface area (Å²) in [7, 11) is 0. The summed E-state index contributed by atoms with van der Waals surface area (Å²) in [4.78, 5) is 17.0. The third-order valence-corrected chi connectivity index (χ3v) is 5.55. The van der Waals surface area contributed by atoms with E-state index < -0.39 is 0 Å². The van der Waals surface area contributed by atoms with Crippen molar-refractivity contribution >= 4 is 29.1 Å². The Balaban J connectivity index is 1.29. The highest BCUT2D eigenvalue weighted by atomic mass is 35.5. The summed E-state index contributed by atoms with van der Waals surface area (Å²) in [6, 6.07) is 16.9. The van der Waals surface area contributed by atoms with Crippen molar-refractivity contribution < 1.29 is 9.53 Å². The van der Waals surface area contributed by atoms with Crippen molar-refractivity contribution in [1.29, 1.82) is 0 Å². The van der Waals surface area contributed by atoms with Crippen LogP contribution in [0.5, 0.6) is 5.75 Å². The van der Waals surface area contributed by atoms with Gasteiger partial charge in [-0.05, 0) is 35.9 Å². The second-order valence-corrected chi connectivity index (χ2v) is 7.99. The van der Waals surface area contributed by atoms with Crippen LogP contribution in [0.15, 0.2) is 60.8 Å². The quantitative estimate of drug-likeness (QED) is 0.571. The fourth-order valence-electron chi connectivity index (χ4n) is 3.41. The number of amides is 1. The van der Waals surface area contributed by atoms with Gasteiger partial charge in [0.1, 0.15) is 5.75 Å². The summed E-state index contributed by atoms with van der Waals surface area (Å²) in [5.74, 6) is 0.521. The minimum absolute atomic E-state index is 0.0612. The number of hydrogen-bond acceptors (Lipinski definition) is 4. The number of hydrogen-bond donors (Lipinski definition) is 0. The van der Waals surface area contributed by atoms with E-state index in [0.29, 0.717) is 29.6 Å². The molecule has 0 spiro atoms. The Morgan fingerprint density at radius 2 is 1.80 bits per heavy atom. The molecule has 1 aliphatic rings. The Morgan fingerprint density at radius 1 is 1.00 bits per heavy atom. The summed E-state index contributed by atoms with van der Waals surface area (Å²) < 4.78 is 7.26. The maximum absolute atomic E-state index is 12.8. The molecule has 1 fully saturated rings. The van der Waals surface area contributed by atoms with Gasteiger partial charge in [0.15, 0.2) is 12.4 Å². The molecule has 0 unspecified atom stereocenters. The van der Waals surface area contributed by atoms with E-state index in [2.05, 4.69) is 16.1 Å². The van der Waals surface area contributed by atoms with E-state index in [-0.39, 0.29) is 12.6 Å². The number of benzene rings is 2. The lowest BCUT2D eigenvalue weighted by atomic mass is 10.2. The van der Waals surface area contributed by atoms with Crippen molar-refractivity contribution in [2.75, 3.05) is 26.2 Å². The van der Waals surface area contributed by atoms with Gasteiger partial charge in [0.2, 0.25) is 0 Å². The number of carbonyl (C=O) groups excluding carboxylic acids is 1. The number of nitrogens with zero attached hydrogens (tertiary/aromatic N) is 4. The van der Waals surface area contributed by atoms with Crippen molar-refractivity contribution in [3.63, 3.8) is 0 Å². The molecule has 0 saturated carbocycles. The molecular weight excluding hydrogens is 423 g/mol. The van der Waals surface area contributed by atoms with Crippen LogP contribution in [0.4, 0.5) is 0 Å². The lowest BCUT2D eigenvalue weighted by molar-refractivity contribution is 0.0621. The Kier molecular flexibility index (Phi) is 6.57. The Morgan fingerprint density at radius 3 is 2.57 bits per heavy atom. The Hall–Kier alpha value is -2.54. The summed E-state index contributed by atoms with van der Waals surface area (Å²) in [5.41, 5.74) is 1.60. The van der Waals surface area contributed by atoms with Gasteiger partial charge >= 0.3 is 0 Å². The van der Waals surface area contributed by atoms with Gasteiger partial charge in [0, 0.05) is 43.9 Å². The molecule has 156 valence electrons. The average molecular weight is 445 g/mol. The normalized spacial score (nSPS) is 14.7. The average Bonchev–Trinajstić information content (AvgIpc) is 3.22. The minimum Gasteiger partial charge on any atom is -0.470 e. The van der Waals surface area contributed by atoms with Gasteiger partial charge < -0.3 is 9.64 Å². The van der Waals surface area contributed by atoms with Crippen LogP contribution in [-0.2, 0) is 13.3 Å². The van der Waals surface area contributed by atoms with E-state index in [1.807, 2.05) is 35.2 Å². The highest BCUT2D eigenvalue weighted by Gasteiger charge is 2.23. The lowest BCUT2D eigenvalue weighted by Crippen LogP contribution is -2.48. The number of rotatable bonds is 6. The molecule has 1 amide bonds. The van der Waals surface area contributed by atoms with E-state index in [1.165, 1.54) is 5.56 Å². The maximum Gasteiger partial charge on any atom is 0.274 e. The lowest BCUT2D eigenvalue weighted by Gasteiger charge is -2.34. The number of ether oxygens (including phenoxy) is 1. The molecule has 6 nitrogen and oxygen atoms in total. The zero-order valence-corrected chi connectivity index (χ0v) is 17.9. The van der Waals surface area contributed by atoms with Gasteiger partial charge in [0.05, 0.1) is 5.02 Å². The van der Waals surface area contributed by atoms with Crippen LogP contribution in [-0.4, -0.2) is 51.7 Å².